The first-order valence-corrected chi connectivity index (χ1v) is 7.76. The van der Waals surface area contributed by atoms with Gasteiger partial charge in [-0.05, 0) is 6.92 Å². The van der Waals surface area contributed by atoms with Gasteiger partial charge in [0.25, 0.3) is 0 Å². The van der Waals surface area contributed by atoms with Crippen LogP contribution in [0.1, 0.15) is 19.6 Å². The van der Waals surface area contributed by atoms with Crippen molar-refractivity contribution in [1.29, 1.82) is 0 Å². The van der Waals surface area contributed by atoms with Crippen LogP contribution in [0.4, 0.5) is 5.82 Å². The fourth-order valence-electron chi connectivity index (χ4n) is 2.63. The summed E-state index contributed by atoms with van der Waals surface area (Å²) in [5, 5.41) is 31.2. The van der Waals surface area contributed by atoms with Gasteiger partial charge in [0.1, 0.15) is 18.7 Å². The smallest absolute Gasteiger partial charge is 0.167 e. The van der Waals surface area contributed by atoms with Gasteiger partial charge in [0.15, 0.2) is 17.0 Å². The number of hydrogen-bond acceptors (Lipinski definition) is 8. The van der Waals surface area contributed by atoms with Crippen molar-refractivity contribution in [2.45, 2.75) is 31.8 Å². The normalized spacial score (nSPS) is 24.7. The lowest BCUT2D eigenvalue weighted by Gasteiger charge is -2.13. The van der Waals surface area contributed by atoms with E-state index >= 15 is 0 Å². The summed E-state index contributed by atoms with van der Waals surface area (Å²) in [7, 11) is 0. The molecule has 9 nitrogen and oxygen atoms in total. The molecule has 1 saturated heterocycles. The molecule has 0 aliphatic carbocycles. The lowest BCUT2D eigenvalue weighted by Crippen LogP contribution is -2.24. The van der Waals surface area contributed by atoms with Gasteiger partial charge in [-0.15, -0.1) is 0 Å². The highest BCUT2D eigenvalue weighted by Gasteiger charge is 2.35. The van der Waals surface area contributed by atoms with Gasteiger partial charge in [0.05, 0.1) is 25.6 Å². The summed E-state index contributed by atoms with van der Waals surface area (Å²) in [4.78, 5) is 12.8. The highest BCUT2D eigenvalue weighted by Crippen LogP contribution is 2.31. The third-order valence-electron chi connectivity index (χ3n) is 4.02. The van der Waals surface area contributed by atoms with Crippen molar-refractivity contribution in [3.63, 3.8) is 0 Å². The highest BCUT2D eigenvalue weighted by atomic mass is 16.5. The fraction of sp³-hybridized carbons (Fsp3) is 0.533. The van der Waals surface area contributed by atoms with Crippen LogP contribution in [0, 0.1) is 0 Å². The van der Waals surface area contributed by atoms with Crippen LogP contribution in [-0.4, -0.2) is 66.8 Å². The van der Waals surface area contributed by atoms with E-state index in [9.17, 15) is 10.2 Å². The zero-order chi connectivity index (χ0) is 17.1. The molecule has 1 aliphatic heterocycles. The van der Waals surface area contributed by atoms with E-state index in [0.29, 0.717) is 29.9 Å². The third-order valence-corrected chi connectivity index (χ3v) is 4.02. The summed E-state index contributed by atoms with van der Waals surface area (Å²) in [6.07, 6.45) is 3.51. The predicted molar refractivity (Wildman–Crippen MR) is 86.3 cm³/mol. The average Bonchev–Trinajstić information content (AvgIpc) is 3.18. The van der Waals surface area contributed by atoms with Crippen molar-refractivity contribution < 1.29 is 20.1 Å². The molecule has 4 N–H and O–H groups in total. The molecule has 1 aliphatic rings. The van der Waals surface area contributed by atoms with Crippen LogP contribution < -0.4 is 5.32 Å². The van der Waals surface area contributed by atoms with E-state index in [1.807, 2.05) is 13.0 Å². The fourth-order valence-corrected chi connectivity index (χ4v) is 2.63. The second-order valence-electron chi connectivity index (χ2n) is 5.75. The molecule has 3 atom stereocenters. The molecule has 3 rings (SSSR count). The maximum Gasteiger partial charge on any atom is 0.167 e. The largest absolute Gasteiger partial charge is 0.394 e. The number of ether oxygens (including phenoxy) is 1. The number of fused-ring (bicyclic) bond motifs is 1. The second-order valence-corrected chi connectivity index (χ2v) is 5.75. The standard InChI is InChI=1S/C15H21N5O4/c1-9(5-21)2-3-16-14-13-15(18-7-17-14)20(8-19-13)12-4-10(23)11(6-22)24-12/h2,7-8,10-12,21-23H,3-6H2,1H3,(H,16,17,18)/b9-2+/t10?,11-,12-/m1/s1. The molecule has 0 aromatic carbocycles. The van der Waals surface area contributed by atoms with Crippen molar-refractivity contribution in [2.24, 2.45) is 0 Å². The van der Waals surface area contributed by atoms with Gasteiger partial charge < -0.3 is 25.4 Å². The Kier molecular flexibility index (Phi) is 5.05. The van der Waals surface area contributed by atoms with E-state index in [-0.39, 0.29) is 13.2 Å². The lowest BCUT2D eigenvalue weighted by atomic mass is 10.2. The maximum absolute atomic E-state index is 9.89. The molecule has 0 saturated carbocycles. The summed E-state index contributed by atoms with van der Waals surface area (Å²) in [5.41, 5.74) is 2.05. The van der Waals surface area contributed by atoms with Gasteiger partial charge in [0.2, 0.25) is 0 Å². The van der Waals surface area contributed by atoms with Crippen LogP contribution in [0.25, 0.3) is 11.2 Å². The minimum atomic E-state index is -0.719. The number of aromatic nitrogens is 4. The van der Waals surface area contributed by atoms with Gasteiger partial charge in [-0.2, -0.15) is 0 Å². The topological polar surface area (TPSA) is 126 Å². The zero-order valence-electron chi connectivity index (χ0n) is 13.3. The zero-order valence-corrected chi connectivity index (χ0v) is 13.3. The Morgan fingerprint density at radius 2 is 2.25 bits per heavy atom. The Morgan fingerprint density at radius 1 is 1.42 bits per heavy atom. The van der Waals surface area contributed by atoms with Gasteiger partial charge in [0, 0.05) is 13.0 Å². The summed E-state index contributed by atoms with van der Waals surface area (Å²) < 4.78 is 7.38. The average molecular weight is 335 g/mol. The Morgan fingerprint density at radius 3 is 2.96 bits per heavy atom. The van der Waals surface area contributed by atoms with Crippen molar-refractivity contribution >= 4 is 17.0 Å². The summed E-state index contributed by atoms with van der Waals surface area (Å²) in [6.45, 7) is 2.13. The SMILES string of the molecule is C/C(=C\CNc1ncnc2c1ncn2[C@H]1CC(O)[C@@H](CO)O1)CO. The summed E-state index contributed by atoms with van der Waals surface area (Å²) in [6, 6.07) is 0. The summed E-state index contributed by atoms with van der Waals surface area (Å²) >= 11 is 0. The van der Waals surface area contributed by atoms with Crippen molar-refractivity contribution in [3.05, 3.63) is 24.3 Å². The van der Waals surface area contributed by atoms with Crippen LogP contribution in [0.5, 0.6) is 0 Å². The molecule has 2 aromatic rings. The number of aliphatic hydroxyl groups excluding tert-OH is 3. The number of anilines is 1. The van der Waals surface area contributed by atoms with Crippen LogP contribution in [0.2, 0.25) is 0 Å². The highest BCUT2D eigenvalue weighted by molar-refractivity contribution is 5.82. The third kappa shape index (κ3) is 3.24. The van der Waals surface area contributed by atoms with Gasteiger partial charge in [-0.3, -0.25) is 4.57 Å². The predicted octanol–water partition coefficient (Wildman–Crippen LogP) is -0.183. The second kappa shape index (κ2) is 7.22. The van der Waals surface area contributed by atoms with Crippen molar-refractivity contribution in [1.82, 2.24) is 19.5 Å². The molecule has 9 heteroatoms. The van der Waals surface area contributed by atoms with Gasteiger partial charge in [-0.1, -0.05) is 11.6 Å². The van der Waals surface area contributed by atoms with Crippen LogP contribution >= 0.6 is 0 Å². The van der Waals surface area contributed by atoms with E-state index in [1.165, 1.54) is 6.33 Å². The molecule has 0 amide bonds. The molecule has 0 radical (unpaired) electrons. The molecule has 1 fully saturated rings. The molecule has 130 valence electrons. The Labute approximate surface area is 138 Å². The van der Waals surface area contributed by atoms with E-state index in [1.54, 1.807) is 10.9 Å². The number of imidazole rings is 1. The van der Waals surface area contributed by atoms with Crippen molar-refractivity contribution in [3.8, 4) is 0 Å². The molecule has 24 heavy (non-hydrogen) atoms. The lowest BCUT2D eigenvalue weighted by molar-refractivity contribution is -0.0432. The monoisotopic (exact) mass is 335 g/mol. The molecular weight excluding hydrogens is 314 g/mol. The van der Waals surface area contributed by atoms with E-state index < -0.39 is 18.4 Å². The Bertz CT molecular complexity index is 732. The minimum absolute atomic E-state index is 0.0167. The van der Waals surface area contributed by atoms with E-state index in [4.69, 9.17) is 9.84 Å². The number of nitrogens with one attached hydrogen (secondary N) is 1. The molecule has 3 heterocycles. The molecule has 0 spiro atoms. The van der Waals surface area contributed by atoms with E-state index in [2.05, 4.69) is 20.3 Å². The van der Waals surface area contributed by atoms with Crippen LogP contribution in [-0.2, 0) is 4.74 Å². The number of aliphatic hydroxyl groups is 3. The molecular formula is C15H21N5O4. The molecule has 0 bridgehead atoms. The molecule has 2 aromatic heterocycles. The van der Waals surface area contributed by atoms with Crippen LogP contribution in [0.15, 0.2) is 24.3 Å². The quantitative estimate of drug-likeness (QED) is 0.536. The van der Waals surface area contributed by atoms with Crippen LogP contribution in [0.3, 0.4) is 0 Å². The first-order valence-electron chi connectivity index (χ1n) is 7.76. The number of rotatable bonds is 6. The first kappa shape index (κ1) is 16.8. The number of hydrogen-bond donors (Lipinski definition) is 4. The number of nitrogens with zero attached hydrogens (tertiary/aromatic N) is 4. The maximum atomic E-state index is 9.89. The van der Waals surface area contributed by atoms with Gasteiger partial charge in [-0.25, -0.2) is 15.0 Å². The Balaban J connectivity index is 1.82. The summed E-state index contributed by atoms with van der Waals surface area (Å²) in [5.74, 6) is 0.581. The molecule has 1 unspecified atom stereocenters. The van der Waals surface area contributed by atoms with Gasteiger partial charge >= 0.3 is 0 Å². The minimum Gasteiger partial charge on any atom is -0.394 e. The first-order chi connectivity index (χ1) is 11.6. The van der Waals surface area contributed by atoms with E-state index in [0.717, 1.165) is 5.57 Å². The van der Waals surface area contributed by atoms with Crippen molar-refractivity contribution in [2.75, 3.05) is 25.1 Å². The Hall–Kier alpha value is -2.07.